The van der Waals surface area contributed by atoms with Gasteiger partial charge in [-0.25, -0.2) is 13.4 Å². The number of nitrogens with zero attached hydrogens (tertiary/aromatic N) is 2. The third-order valence-electron chi connectivity index (χ3n) is 6.03. The molecule has 0 spiro atoms. The third-order valence-corrected chi connectivity index (χ3v) is 10.4. The predicted molar refractivity (Wildman–Crippen MR) is 145 cm³/mol. The average molecular weight is 548 g/mol. The smallest absolute Gasteiger partial charge is 0.280 e. The minimum absolute atomic E-state index is 0.0786. The second-order valence-corrected chi connectivity index (χ2v) is 14.2. The summed E-state index contributed by atoms with van der Waals surface area (Å²) in [6, 6.07) is 5.12. The van der Waals surface area contributed by atoms with Crippen LogP contribution in [0.4, 0.5) is 5.69 Å². The van der Waals surface area contributed by atoms with Crippen LogP contribution in [0, 0.1) is 6.92 Å². The van der Waals surface area contributed by atoms with Crippen molar-refractivity contribution in [1.29, 1.82) is 0 Å². The van der Waals surface area contributed by atoms with Crippen molar-refractivity contribution in [3.63, 3.8) is 0 Å². The number of fused-ring (bicyclic) bond motifs is 1. The molecule has 1 unspecified atom stereocenters. The molecule has 0 aromatic heterocycles. The molecule has 200 valence electrons. The Hall–Kier alpha value is -1.14. The highest BCUT2D eigenvalue weighted by molar-refractivity contribution is 8.27. The van der Waals surface area contributed by atoms with Gasteiger partial charge in [-0.1, -0.05) is 107 Å². The molecule has 0 radical (unpaired) electrons. The van der Waals surface area contributed by atoms with Gasteiger partial charge in [0.05, 0.1) is 16.3 Å². The third kappa shape index (κ3) is 10.8. The first-order valence-electron chi connectivity index (χ1n) is 12.8. The Bertz CT molecular complexity index is 1080. The molecule has 1 aromatic carbocycles. The average Bonchev–Trinajstić information content (AvgIpc) is 3.19. The van der Waals surface area contributed by atoms with Gasteiger partial charge in [-0.3, -0.25) is 4.55 Å². The Morgan fingerprint density at radius 2 is 1.37 bits per heavy atom. The molecule has 1 heterocycles. The van der Waals surface area contributed by atoms with Gasteiger partial charge < -0.3 is 0 Å². The molecular formula is C24H41N3O5S3. The molecule has 35 heavy (non-hydrogen) atoms. The summed E-state index contributed by atoms with van der Waals surface area (Å²) in [7, 11) is -9.86. The largest absolute Gasteiger partial charge is 0.319 e. The summed E-state index contributed by atoms with van der Waals surface area (Å²) in [5, 5.41) is 0. The number of aryl methyl sites for hydroxylation is 1. The molecule has 11 heteroatoms. The molecule has 0 saturated heterocycles. The van der Waals surface area contributed by atoms with Crippen molar-refractivity contribution in [1.82, 2.24) is 4.83 Å². The SMILES string of the molecule is CCCCCCCCCCCCCCCCS(=O)(=O)NN=S1C(S(=O)(=O)O)=Nc2c(C)cccc21. The van der Waals surface area contributed by atoms with Gasteiger partial charge in [0.25, 0.3) is 0 Å². The second kappa shape index (κ2) is 15.2. The Balaban J connectivity index is 1.68. The standard InChI is InChI=1S/C24H41N3O5S3/c1-3-4-5-6-7-8-9-10-11-12-13-14-15-16-20-34(28,29)27-26-33-22-19-17-18-21(2)23(22)25-24(33)35(30,31)32/h17-19,27H,3-16,20H2,1-2H3,(H,30,31,32). The Labute approximate surface area is 214 Å². The van der Waals surface area contributed by atoms with Gasteiger partial charge in [-0.15, -0.1) is 0 Å². The summed E-state index contributed by atoms with van der Waals surface area (Å²) in [5.74, 6) is -0.0786. The molecule has 2 rings (SSSR count). The zero-order valence-electron chi connectivity index (χ0n) is 21.0. The number of hydrogen-bond acceptors (Lipinski definition) is 6. The number of para-hydroxylation sites is 1. The van der Waals surface area contributed by atoms with Gasteiger partial charge in [0.2, 0.25) is 14.4 Å². The van der Waals surface area contributed by atoms with Crippen molar-refractivity contribution in [2.75, 3.05) is 5.75 Å². The summed E-state index contributed by atoms with van der Waals surface area (Å²) in [6.45, 7) is 4.00. The molecule has 0 aliphatic carbocycles. The lowest BCUT2D eigenvalue weighted by molar-refractivity contribution is 0.499. The normalized spacial score (nSPS) is 16.0. The van der Waals surface area contributed by atoms with Crippen LogP contribution in [-0.2, 0) is 30.8 Å². The lowest BCUT2D eigenvalue weighted by atomic mass is 10.0. The summed E-state index contributed by atoms with van der Waals surface area (Å²) in [6.07, 6.45) is 16.6. The van der Waals surface area contributed by atoms with Crippen LogP contribution < -0.4 is 4.83 Å². The van der Waals surface area contributed by atoms with E-state index >= 15 is 0 Å². The van der Waals surface area contributed by atoms with Crippen LogP contribution >= 0.6 is 0 Å². The van der Waals surface area contributed by atoms with Crippen molar-refractivity contribution in [3.05, 3.63) is 23.8 Å². The lowest BCUT2D eigenvalue weighted by Crippen LogP contribution is -2.24. The highest BCUT2D eigenvalue weighted by atomic mass is 32.3. The topological polar surface area (TPSA) is 125 Å². The maximum absolute atomic E-state index is 12.4. The molecule has 1 aromatic rings. The highest BCUT2D eigenvalue weighted by Gasteiger charge is 2.31. The van der Waals surface area contributed by atoms with E-state index in [1.807, 2.05) is 0 Å². The number of unbranched alkanes of at least 4 members (excludes halogenated alkanes) is 13. The van der Waals surface area contributed by atoms with E-state index in [1.165, 1.54) is 64.2 Å². The van der Waals surface area contributed by atoms with Crippen LogP contribution in [-0.4, -0.2) is 31.5 Å². The zero-order chi connectivity index (χ0) is 25.7. The number of benzene rings is 1. The lowest BCUT2D eigenvalue weighted by Gasteiger charge is -2.06. The summed E-state index contributed by atoms with van der Waals surface area (Å²) < 4.78 is 61.2. The minimum atomic E-state index is -4.61. The van der Waals surface area contributed by atoms with E-state index in [2.05, 4.69) is 21.2 Å². The van der Waals surface area contributed by atoms with E-state index in [0.717, 1.165) is 24.8 Å². The molecule has 0 amide bonds. The van der Waals surface area contributed by atoms with Crippen LogP contribution in [0.15, 0.2) is 32.6 Å². The van der Waals surface area contributed by atoms with Crippen LogP contribution in [0.1, 0.15) is 102 Å². The van der Waals surface area contributed by atoms with Gasteiger partial charge in [0.15, 0.2) is 0 Å². The van der Waals surface area contributed by atoms with Gasteiger partial charge in [0.1, 0.15) is 0 Å². The Kier molecular flexibility index (Phi) is 13.1. The van der Waals surface area contributed by atoms with Crippen LogP contribution in [0.3, 0.4) is 0 Å². The maximum atomic E-state index is 12.4. The number of sulfonamides is 1. The van der Waals surface area contributed by atoms with Crippen LogP contribution in [0.5, 0.6) is 0 Å². The fourth-order valence-corrected chi connectivity index (χ4v) is 7.99. The van der Waals surface area contributed by atoms with Crippen molar-refractivity contribution < 1.29 is 21.4 Å². The molecule has 1 aliphatic heterocycles. The molecule has 0 bridgehead atoms. The Morgan fingerprint density at radius 3 is 1.89 bits per heavy atom. The fraction of sp³-hybridized carbons (Fsp3) is 0.708. The van der Waals surface area contributed by atoms with Gasteiger partial charge >= 0.3 is 10.1 Å². The minimum Gasteiger partial charge on any atom is -0.280 e. The number of rotatable bonds is 17. The van der Waals surface area contributed by atoms with Crippen LogP contribution in [0.2, 0.25) is 0 Å². The van der Waals surface area contributed by atoms with E-state index in [1.54, 1.807) is 25.1 Å². The molecule has 1 aliphatic rings. The molecule has 0 saturated carbocycles. The van der Waals surface area contributed by atoms with E-state index < -0.39 is 35.2 Å². The van der Waals surface area contributed by atoms with Gasteiger partial charge in [0, 0.05) is 10.7 Å². The van der Waals surface area contributed by atoms with E-state index in [-0.39, 0.29) is 5.75 Å². The molecule has 8 nitrogen and oxygen atoms in total. The molecular weight excluding hydrogens is 506 g/mol. The highest BCUT2D eigenvalue weighted by Crippen LogP contribution is 2.35. The first kappa shape index (κ1) is 30.1. The molecule has 1 atom stereocenters. The fourth-order valence-electron chi connectivity index (χ4n) is 4.03. The van der Waals surface area contributed by atoms with Crippen molar-refractivity contribution >= 4 is 40.9 Å². The van der Waals surface area contributed by atoms with Crippen molar-refractivity contribution in [2.24, 2.45) is 9.46 Å². The monoisotopic (exact) mass is 547 g/mol. The number of hydrogen-bond donors (Lipinski definition) is 2. The van der Waals surface area contributed by atoms with Gasteiger partial charge in [-0.05, 0) is 25.0 Å². The first-order chi connectivity index (χ1) is 16.7. The summed E-state index contributed by atoms with van der Waals surface area (Å²) in [5.41, 5.74) is 1.12. The van der Waals surface area contributed by atoms with E-state index in [9.17, 15) is 21.4 Å². The second-order valence-electron chi connectivity index (χ2n) is 9.16. The quantitative estimate of drug-likeness (QED) is 0.102. The van der Waals surface area contributed by atoms with E-state index in [0.29, 0.717) is 17.0 Å². The predicted octanol–water partition coefficient (Wildman–Crippen LogP) is 6.36. The zero-order valence-corrected chi connectivity index (χ0v) is 23.5. The summed E-state index contributed by atoms with van der Waals surface area (Å²) in [4.78, 5) is 6.64. The first-order valence-corrected chi connectivity index (χ1v) is 17.0. The number of aliphatic imine (C=N–C) groups is 1. The van der Waals surface area contributed by atoms with Gasteiger partial charge in [-0.2, -0.15) is 12.9 Å². The molecule has 0 fully saturated rings. The van der Waals surface area contributed by atoms with E-state index in [4.69, 9.17) is 0 Å². The Morgan fingerprint density at radius 1 is 0.857 bits per heavy atom. The summed E-state index contributed by atoms with van der Waals surface area (Å²) >= 11 is 0. The van der Waals surface area contributed by atoms with Crippen molar-refractivity contribution in [3.8, 4) is 0 Å². The number of nitrogens with one attached hydrogen (secondary N) is 1. The van der Waals surface area contributed by atoms with Crippen LogP contribution in [0.25, 0.3) is 0 Å². The van der Waals surface area contributed by atoms with Crippen molar-refractivity contribution in [2.45, 2.75) is 109 Å². The maximum Gasteiger partial charge on any atom is 0.319 e. The molecule has 2 N–H and O–H groups in total.